The second kappa shape index (κ2) is 5.67. The van der Waals surface area contributed by atoms with Crippen LogP contribution in [0.1, 0.15) is 30.0 Å². The molecule has 0 bridgehead atoms. The van der Waals surface area contributed by atoms with Gasteiger partial charge in [-0.15, -0.1) is 0 Å². The van der Waals surface area contributed by atoms with Crippen LogP contribution in [0.15, 0.2) is 30.7 Å². The van der Waals surface area contributed by atoms with Crippen LogP contribution in [0, 0.1) is 6.92 Å². The van der Waals surface area contributed by atoms with Crippen LogP contribution in [0.5, 0.6) is 5.75 Å². The van der Waals surface area contributed by atoms with Crippen molar-refractivity contribution in [2.24, 2.45) is 0 Å². The van der Waals surface area contributed by atoms with Gasteiger partial charge in [-0.1, -0.05) is 0 Å². The maximum absolute atomic E-state index is 5.28. The fraction of sp³-hybridized carbons (Fsp3) is 0.438. The van der Waals surface area contributed by atoms with E-state index in [9.17, 15) is 0 Å². The topological polar surface area (TPSA) is 39.1 Å². The lowest BCUT2D eigenvalue weighted by atomic mass is 9.96. The van der Waals surface area contributed by atoms with Crippen molar-refractivity contribution < 1.29 is 4.74 Å². The van der Waals surface area contributed by atoms with Crippen LogP contribution < -0.4 is 10.1 Å². The Morgan fingerprint density at radius 2 is 2.30 bits per heavy atom. The minimum atomic E-state index is 0.549. The van der Waals surface area contributed by atoms with E-state index in [4.69, 9.17) is 4.74 Å². The zero-order valence-corrected chi connectivity index (χ0v) is 12.1. The minimum absolute atomic E-state index is 0.549. The van der Waals surface area contributed by atoms with E-state index in [0.717, 1.165) is 18.8 Å². The lowest BCUT2D eigenvalue weighted by molar-refractivity contribution is 0.414. The van der Waals surface area contributed by atoms with Gasteiger partial charge in [0.05, 0.1) is 13.4 Å². The van der Waals surface area contributed by atoms with Crippen LogP contribution in [0.25, 0.3) is 5.69 Å². The second-order valence-electron chi connectivity index (χ2n) is 5.38. The Bertz CT molecular complexity index is 585. The van der Waals surface area contributed by atoms with Crippen molar-refractivity contribution in [3.63, 3.8) is 0 Å². The van der Waals surface area contributed by atoms with Gasteiger partial charge in [-0.25, -0.2) is 4.98 Å². The molecule has 2 heterocycles. The highest BCUT2D eigenvalue weighted by Crippen LogP contribution is 2.27. The van der Waals surface area contributed by atoms with Crippen molar-refractivity contribution in [3.8, 4) is 11.4 Å². The fourth-order valence-electron chi connectivity index (χ4n) is 2.94. The van der Waals surface area contributed by atoms with Gasteiger partial charge in [-0.2, -0.15) is 0 Å². The molecule has 4 nitrogen and oxygen atoms in total. The Kier molecular flexibility index (Phi) is 3.74. The third-order valence-electron chi connectivity index (χ3n) is 4.05. The normalized spacial score (nSPS) is 19.0. The standard InChI is InChI=1S/C16H21N3O/c1-12-8-14(20-2)5-6-15(12)19-11-18-10-16(19)13-4-3-7-17-9-13/h5-6,8,10-11,13,17H,3-4,7,9H2,1-2H3. The molecule has 3 rings (SSSR count). The lowest BCUT2D eigenvalue weighted by Gasteiger charge is -2.24. The van der Waals surface area contributed by atoms with Crippen molar-refractivity contribution in [3.05, 3.63) is 42.0 Å². The summed E-state index contributed by atoms with van der Waals surface area (Å²) < 4.78 is 7.49. The number of piperidine rings is 1. The molecular weight excluding hydrogens is 250 g/mol. The number of hydrogen-bond acceptors (Lipinski definition) is 3. The van der Waals surface area contributed by atoms with Crippen LogP contribution >= 0.6 is 0 Å². The maximum atomic E-state index is 5.28. The first-order chi connectivity index (χ1) is 9.79. The fourth-order valence-corrected chi connectivity index (χ4v) is 2.94. The molecule has 1 aliphatic rings. The summed E-state index contributed by atoms with van der Waals surface area (Å²) >= 11 is 0. The molecule has 0 saturated carbocycles. The Labute approximate surface area is 119 Å². The van der Waals surface area contributed by atoms with Gasteiger partial charge in [0, 0.05) is 30.0 Å². The average molecular weight is 271 g/mol. The Morgan fingerprint density at radius 1 is 1.40 bits per heavy atom. The molecule has 0 radical (unpaired) electrons. The first-order valence-corrected chi connectivity index (χ1v) is 7.17. The predicted octanol–water partition coefficient (Wildman–Crippen LogP) is 2.66. The zero-order chi connectivity index (χ0) is 13.9. The number of rotatable bonds is 3. The molecule has 4 heteroatoms. The molecular formula is C16H21N3O. The minimum Gasteiger partial charge on any atom is -0.497 e. The van der Waals surface area contributed by atoms with Crippen LogP contribution in [0.4, 0.5) is 0 Å². The average Bonchev–Trinajstić information content (AvgIpc) is 2.97. The highest BCUT2D eigenvalue weighted by molar-refractivity contribution is 5.46. The Balaban J connectivity index is 1.96. The smallest absolute Gasteiger partial charge is 0.119 e. The second-order valence-corrected chi connectivity index (χ2v) is 5.38. The van der Waals surface area contributed by atoms with E-state index in [1.54, 1.807) is 7.11 Å². The summed E-state index contributed by atoms with van der Waals surface area (Å²) in [6.45, 7) is 4.29. The number of nitrogens with one attached hydrogen (secondary N) is 1. The van der Waals surface area contributed by atoms with E-state index in [1.165, 1.54) is 29.8 Å². The van der Waals surface area contributed by atoms with E-state index in [1.807, 2.05) is 18.6 Å². The third kappa shape index (κ3) is 2.43. The van der Waals surface area contributed by atoms with Gasteiger partial charge in [0.25, 0.3) is 0 Å². The van der Waals surface area contributed by atoms with E-state index in [2.05, 4.69) is 33.9 Å². The first kappa shape index (κ1) is 13.2. The largest absolute Gasteiger partial charge is 0.497 e. The molecule has 20 heavy (non-hydrogen) atoms. The molecule has 1 aromatic heterocycles. The first-order valence-electron chi connectivity index (χ1n) is 7.17. The molecule has 1 aromatic carbocycles. The summed E-state index contributed by atoms with van der Waals surface area (Å²) in [7, 11) is 1.70. The number of nitrogens with zero attached hydrogens (tertiary/aromatic N) is 2. The summed E-state index contributed by atoms with van der Waals surface area (Å²) in [4.78, 5) is 4.36. The van der Waals surface area contributed by atoms with Crippen molar-refractivity contribution in [1.29, 1.82) is 0 Å². The molecule has 106 valence electrons. The van der Waals surface area contributed by atoms with E-state index < -0.39 is 0 Å². The van der Waals surface area contributed by atoms with Crippen molar-refractivity contribution in [1.82, 2.24) is 14.9 Å². The number of aryl methyl sites for hydroxylation is 1. The summed E-state index contributed by atoms with van der Waals surface area (Å²) in [6, 6.07) is 6.18. The van der Waals surface area contributed by atoms with Gasteiger partial charge in [0.15, 0.2) is 0 Å². The molecule has 1 N–H and O–H groups in total. The van der Waals surface area contributed by atoms with Gasteiger partial charge in [0.1, 0.15) is 5.75 Å². The van der Waals surface area contributed by atoms with Gasteiger partial charge >= 0.3 is 0 Å². The molecule has 0 amide bonds. The Morgan fingerprint density at radius 3 is 3.00 bits per heavy atom. The highest BCUT2D eigenvalue weighted by atomic mass is 16.5. The van der Waals surface area contributed by atoms with Crippen molar-refractivity contribution in [2.75, 3.05) is 20.2 Å². The molecule has 1 unspecified atom stereocenters. The number of ether oxygens (including phenoxy) is 1. The predicted molar refractivity (Wildman–Crippen MR) is 79.7 cm³/mol. The number of imidazole rings is 1. The van der Waals surface area contributed by atoms with Crippen LogP contribution in [0.3, 0.4) is 0 Å². The number of benzene rings is 1. The van der Waals surface area contributed by atoms with E-state index in [0.29, 0.717) is 5.92 Å². The maximum Gasteiger partial charge on any atom is 0.119 e. The molecule has 1 aliphatic heterocycles. The van der Waals surface area contributed by atoms with Gasteiger partial charge < -0.3 is 14.6 Å². The summed E-state index contributed by atoms with van der Waals surface area (Å²) in [5.41, 5.74) is 3.68. The third-order valence-corrected chi connectivity index (χ3v) is 4.05. The van der Waals surface area contributed by atoms with Gasteiger partial charge in [0.2, 0.25) is 0 Å². The summed E-state index contributed by atoms with van der Waals surface area (Å²) in [6.07, 6.45) is 6.38. The van der Waals surface area contributed by atoms with Crippen LogP contribution in [0.2, 0.25) is 0 Å². The van der Waals surface area contributed by atoms with Crippen LogP contribution in [-0.2, 0) is 0 Å². The molecule has 1 saturated heterocycles. The summed E-state index contributed by atoms with van der Waals surface area (Å²) in [5, 5.41) is 3.47. The molecule has 2 aromatic rings. The van der Waals surface area contributed by atoms with Gasteiger partial charge in [-0.05, 0) is 50.1 Å². The number of aromatic nitrogens is 2. The SMILES string of the molecule is COc1ccc(-n2cncc2C2CCCNC2)c(C)c1. The monoisotopic (exact) mass is 271 g/mol. The number of hydrogen-bond donors (Lipinski definition) is 1. The molecule has 1 fully saturated rings. The molecule has 1 atom stereocenters. The lowest BCUT2D eigenvalue weighted by Crippen LogP contribution is -2.29. The van der Waals surface area contributed by atoms with Gasteiger partial charge in [-0.3, -0.25) is 0 Å². The van der Waals surface area contributed by atoms with E-state index in [-0.39, 0.29) is 0 Å². The summed E-state index contributed by atoms with van der Waals surface area (Å²) in [5.74, 6) is 1.44. The highest BCUT2D eigenvalue weighted by Gasteiger charge is 2.19. The van der Waals surface area contributed by atoms with Crippen molar-refractivity contribution >= 4 is 0 Å². The van der Waals surface area contributed by atoms with Crippen LogP contribution in [-0.4, -0.2) is 29.8 Å². The number of methoxy groups -OCH3 is 1. The molecule has 0 spiro atoms. The quantitative estimate of drug-likeness (QED) is 0.933. The molecule has 0 aliphatic carbocycles. The van der Waals surface area contributed by atoms with E-state index >= 15 is 0 Å². The zero-order valence-electron chi connectivity index (χ0n) is 12.1. The van der Waals surface area contributed by atoms with Crippen molar-refractivity contribution in [2.45, 2.75) is 25.7 Å². The Hall–Kier alpha value is -1.81.